The highest BCUT2D eigenvalue weighted by atomic mass is 32.2. The molecule has 1 atom stereocenters. The number of hydrogen-bond acceptors (Lipinski definition) is 5. The van der Waals surface area contributed by atoms with Crippen LogP contribution in [0.2, 0.25) is 25.7 Å². The molecule has 1 unspecified atom stereocenters. The predicted octanol–water partition coefficient (Wildman–Crippen LogP) is 6.18. The molecule has 0 amide bonds. The number of hydrogen-bond donors (Lipinski definition) is 1. The van der Waals surface area contributed by atoms with Crippen LogP contribution in [0.5, 0.6) is 0 Å². The van der Waals surface area contributed by atoms with Crippen molar-refractivity contribution < 1.29 is 9.47 Å². The molecule has 1 N–H and O–H groups in total. The Morgan fingerprint density at radius 3 is 2.33 bits per heavy atom. The fraction of sp³-hybridized carbons (Fsp3) is 0.423. The molecule has 0 fully saturated rings. The Hall–Kier alpha value is -1.90. The molecule has 0 spiro atoms. The second-order valence-corrected chi connectivity index (χ2v) is 16.7. The summed E-state index contributed by atoms with van der Waals surface area (Å²) in [6, 6.07) is 18.2. The van der Waals surface area contributed by atoms with Crippen LogP contribution in [0.3, 0.4) is 0 Å². The number of nitrogens with one attached hydrogen (secondary N) is 1. The van der Waals surface area contributed by atoms with Crippen molar-refractivity contribution in [1.82, 2.24) is 14.9 Å². The number of ether oxygens (including phenoxy) is 2. The lowest BCUT2D eigenvalue weighted by atomic mass is 10.1. The zero-order valence-corrected chi connectivity index (χ0v) is 22.2. The van der Waals surface area contributed by atoms with E-state index in [-0.39, 0.29) is 6.10 Å². The highest BCUT2D eigenvalue weighted by Crippen LogP contribution is 2.47. The first kappa shape index (κ1) is 24.2. The van der Waals surface area contributed by atoms with Gasteiger partial charge in [0.2, 0.25) is 0 Å². The Kier molecular flexibility index (Phi) is 7.76. The maximum atomic E-state index is 6.30. The maximum Gasteiger partial charge on any atom is 0.138 e. The summed E-state index contributed by atoms with van der Waals surface area (Å²) in [4.78, 5) is 13.3. The van der Waals surface area contributed by atoms with Crippen molar-refractivity contribution in [1.29, 1.82) is 0 Å². The van der Waals surface area contributed by atoms with Gasteiger partial charge < -0.3 is 19.4 Å². The predicted molar refractivity (Wildman–Crippen MR) is 140 cm³/mol. The van der Waals surface area contributed by atoms with Gasteiger partial charge in [-0.2, -0.15) is 0 Å². The number of imidazole rings is 1. The highest BCUT2D eigenvalue weighted by molar-refractivity contribution is 7.99. The Morgan fingerprint density at radius 2 is 1.64 bits per heavy atom. The van der Waals surface area contributed by atoms with Crippen molar-refractivity contribution in [3.63, 3.8) is 0 Å². The lowest BCUT2D eigenvalue weighted by Gasteiger charge is -2.20. The first-order valence-electron chi connectivity index (χ1n) is 11.6. The van der Waals surface area contributed by atoms with Crippen LogP contribution in [0.15, 0.2) is 58.3 Å². The molecule has 0 bridgehead atoms. The molecule has 1 aromatic heterocycles. The summed E-state index contributed by atoms with van der Waals surface area (Å²) in [5.41, 5.74) is 4.38. The molecule has 3 aromatic rings. The second-order valence-electron chi connectivity index (χ2n) is 9.99. The normalized spacial score (nSPS) is 13.9. The molecule has 7 heteroatoms. The third kappa shape index (κ3) is 6.16. The first-order valence-corrected chi connectivity index (χ1v) is 16.1. The van der Waals surface area contributed by atoms with E-state index in [1.165, 1.54) is 15.4 Å². The molecular formula is C26H35N3O2SSi. The molecule has 33 heavy (non-hydrogen) atoms. The second kappa shape index (κ2) is 10.6. The Balaban J connectivity index is 1.65. The number of aromatic amines is 1. The van der Waals surface area contributed by atoms with Gasteiger partial charge in [-0.3, -0.25) is 0 Å². The van der Waals surface area contributed by atoms with Crippen LogP contribution >= 0.6 is 11.8 Å². The van der Waals surface area contributed by atoms with Crippen molar-refractivity contribution in [2.45, 2.75) is 41.6 Å². The molecule has 0 saturated heterocycles. The molecule has 176 valence electrons. The van der Waals surface area contributed by atoms with Crippen molar-refractivity contribution in [3.8, 4) is 22.5 Å². The Bertz CT molecular complexity index is 1010. The van der Waals surface area contributed by atoms with Gasteiger partial charge in [-0.05, 0) is 32.3 Å². The molecule has 0 aliphatic carbocycles. The summed E-state index contributed by atoms with van der Waals surface area (Å²) < 4.78 is 12.4. The SMILES string of the molecule is CN(C)CCOC(COCC[Si](C)(C)C)c1nc2c([nH]1)-c1ccccc1Sc1ccccc1-2. The monoisotopic (exact) mass is 481 g/mol. The van der Waals surface area contributed by atoms with Gasteiger partial charge in [0.25, 0.3) is 0 Å². The molecule has 1 aliphatic heterocycles. The molecule has 0 radical (unpaired) electrons. The third-order valence-corrected chi connectivity index (χ3v) is 8.52. The third-order valence-electron chi connectivity index (χ3n) is 5.67. The molecule has 0 saturated carbocycles. The number of H-pyrrole nitrogens is 1. The fourth-order valence-electron chi connectivity index (χ4n) is 3.72. The van der Waals surface area contributed by atoms with E-state index in [2.05, 4.69) is 92.2 Å². The summed E-state index contributed by atoms with van der Waals surface area (Å²) >= 11 is 1.80. The van der Waals surface area contributed by atoms with Gasteiger partial charge in [0, 0.05) is 42.1 Å². The topological polar surface area (TPSA) is 50.4 Å². The summed E-state index contributed by atoms with van der Waals surface area (Å²) in [5.74, 6) is 0.836. The van der Waals surface area contributed by atoms with Crippen LogP contribution in [0.25, 0.3) is 22.5 Å². The zero-order chi connectivity index (χ0) is 23.4. The van der Waals surface area contributed by atoms with E-state index in [1.54, 1.807) is 11.8 Å². The lowest BCUT2D eigenvalue weighted by Crippen LogP contribution is -2.24. The molecule has 4 rings (SSSR count). The van der Waals surface area contributed by atoms with Crippen LogP contribution in [0.1, 0.15) is 11.9 Å². The van der Waals surface area contributed by atoms with Gasteiger partial charge in [0.1, 0.15) is 11.9 Å². The van der Waals surface area contributed by atoms with E-state index in [9.17, 15) is 0 Å². The van der Waals surface area contributed by atoms with Crippen molar-refractivity contribution >= 4 is 19.8 Å². The van der Waals surface area contributed by atoms with Crippen LogP contribution < -0.4 is 0 Å². The molecule has 5 nitrogen and oxygen atoms in total. The average Bonchev–Trinajstić information content (AvgIpc) is 3.15. The summed E-state index contributed by atoms with van der Waals surface area (Å²) in [7, 11) is 2.98. The molecule has 2 aromatic carbocycles. The highest BCUT2D eigenvalue weighted by Gasteiger charge is 2.26. The first-order chi connectivity index (χ1) is 15.8. The summed E-state index contributed by atoms with van der Waals surface area (Å²) in [5, 5.41) is 0. The van der Waals surface area contributed by atoms with E-state index in [1.807, 2.05) is 0 Å². The minimum absolute atomic E-state index is 0.231. The number of rotatable bonds is 10. The van der Waals surface area contributed by atoms with Crippen LogP contribution in [-0.4, -0.2) is 63.4 Å². The van der Waals surface area contributed by atoms with Gasteiger partial charge >= 0.3 is 0 Å². The number of nitrogens with zero attached hydrogens (tertiary/aromatic N) is 2. The fourth-order valence-corrected chi connectivity index (χ4v) is 5.56. The number of likely N-dealkylation sites (N-methyl/N-ethyl adjacent to an activating group) is 1. The van der Waals surface area contributed by atoms with E-state index < -0.39 is 8.07 Å². The van der Waals surface area contributed by atoms with E-state index in [0.717, 1.165) is 42.0 Å². The molecular weight excluding hydrogens is 446 g/mol. The van der Waals surface area contributed by atoms with Crippen molar-refractivity contribution in [3.05, 3.63) is 54.4 Å². The largest absolute Gasteiger partial charge is 0.379 e. The number of fused-ring (bicyclic) bond motifs is 5. The minimum Gasteiger partial charge on any atom is -0.379 e. The quantitative estimate of drug-likeness (QED) is 0.216. The van der Waals surface area contributed by atoms with Gasteiger partial charge in [0.05, 0.1) is 24.6 Å². The van der Waals surface area contributed by atoms with E-state index >= 15 is 0 Å². The van der Waals surface area contributed by atoms with Crippen molar-refractivity contribution in [2.24, 2.45) is 0 Å². The Morgan fingerprint density at radius 1 is 0.970 bits per heavy atom. The van der Waals surface area contributed by atoms with Gasteiger partial charge in [-0.1, -0.05) is 67.8 Å². The number of benzene rings is 2. The molecule has 2 heterocycles. The number of aromatic nitrogens is 2. The summed E-state index contributed by atoms with van der Waals surface area (Å²) in [6.45, 7) is 9.87. The van der Waals surface area contributed by atoms with Crippen molar-refractivity contribution in [2.75, 3.05) is 40.5 Å². The summed E-state index contributed by atoms with van der Waals surface area (Å²) in [6.07, 6.45) is -0.231. The van der Waals surface area contributed by atoms with Crippen LogP contribution in [0, 0.1) is 0 Å². The minimum atomic E-state index is -1.14. The van der Waals surface area contributed by atoms with E-state index in [0.29, 0.717) is 13.2 Å². The van der Waals surface area contributed by atoms with Crippen LogP contribution in [-0.2, 0) is 9.47 Å². The van der Waals surface area contributed by atoms with Gasteiger partial charge in [0.15, 0.2) is 0 Å². The maximum absolute atomic E-state index is 6.30. The lowest BCUT2D eigenvalue weighted by molar-refractivity contribution is -0.0231. The zero-order valence-electron chi connectivity index (χ0n) is 20.4. The van der Waals surface area contributed by atoms with Gasteiger partial charge in [-0.15, -0.1) is 0 Å². The van der Waals surface area contributed by atoms with E-state index in [4.69, 9.17) is 14.5 Å². The van der Waals surface area contributed by atoms with Gasteiger partial charge in [-0.25, -0.2) is 4.98 Å². The standard InChI is InChI=1S/C26H35N3O2SSi/c1-29(2)14-15-31-21(18-30-16-17-33(3,4)5)26-27-24-19-10-6-8-12-22(19)32-23-13-9-7-11-20(23)25(24)28-26/h6-13,21H,14-18H2,1-5H3,(H,27,28). The average molecular weight is 482 g/mol. The van der Waals surface area contributed by atoms with Crippen LogP contribution in [0.4, 0.5) is 0 Å². The smallest absolute Gasteiger partial charge is 0.138 e. The molecule has 1 aliphatic rings. The Labute approximate surface area is 202 Å².